The summed E-state index contributed by atoms with van der Waals surface area (Å²) in [5.74, 6) is 2.84. The van der Waals surface area contributed by atoms with Crippen molar-refractivity contribution in [2.24, 2.45) is 0 Å². The molecule has 0 saturated carbocycles. The van der Waals surface area contributed by atoms with E-state index in [1.165, 1.54) is 0 Å². The Morgan fingerprint density at radius 2 is 2.36 bits per heavy atom. The number of aliphatic hydroxyl groups excluding tert-OH is 1. The third kappa shape index (κ3) is 3.35. The number of rotatable bonds is 6. The molecule has 14 heavy (non-hydrogen) atoms. The number of nitrogens with zero attached hydrogens (tertiary/aromatic N) is 2. The zero-order chi connectivity index (χ0) is 10.4. The van der Waals surface area contributed by atoms with Gasteiger partial charge in [-0.25, -0.2) is 4.98 Å². The van der Waals surface area contributed by atoms with Gasteiger partial charge in [0, 0.05) is 31.1 Å². The third-order valence-corrected chi connectivity index (χ3v) is 3.10. The highest BCUT2D eigenvalue weighted by Crippen LogP contribution is 2.07. The van der Waals surface area contributed by atoms with Crippen LogP contribution in [0.2, 0.25) is 0 Å². The van der Waals surface area contributed by atoms with Gasteiger partial charge in [0.05, 0.1) is 6.10 Å². The maximum absolute atomic E-state index is 9.70. The summed E-state index contributed by atoms with van der Waals surface area (Å²) in [6, 6.07) is 0. The first-order valence-electron chi connectivity index (χ1n) is 5.03. The second-order valence-corrected chi connectivity index (χ2v) is 4.47. The first kappa shape index (κ1) is 11.6. The number of hydrogen-bond donors (Lipinski definition) is 1. The fourth-order valence-corrected chi connectivity index (χ4v) is 1.97. The first-order chi connectivity index (χ1) is 6.77. The predicted octanol–water partition coefficient (Wildman–Crippen LogP) is 1.56. The van der Waals surface area contributed by atoms with E-state index >= 15 is 0 Å². The quantitative estimate of drug-likeness (QED) is 0.781. The maximum atomic E-state index is 9.70. The largest absolute Gasteiger partial charge is 0.392 e. The number of aromatic nitrogens is 2. The van der Waals surface area contributed by atoms with Crippen LogP contribution in [0.3, 0.4) is 0 Å². The lowest BCUT2D eigenvalue weighted by Crippen LogP contribution is -2.17. The van der Waals surface area contributed by atoms with Gasteiger partial charge in [-0.15, -0.1) is 0 Å². The van der Waals surface area contributed by atoms with Gasteiger partial charge in [-0.05, 0) is 12.7 Å². The van der Waals surface area contributed by atoms with Gasteiger partial charge in [-0.1, -0.05) is 6.92 Å². The fraction of sp³-hybridized carbons (Fsp3) is 0.700. The molecule has 1 rings (SSSR count). The molecule has 0 fully saturated rings. The molecule has 0 aliphatic carbocycles. The van der Waals surface area contributed by atoms with E-state index in [1.54, 1.807) is 18.0 Å². The highest BCUT2D eigenvalue weighted by molar-refractivity contribution is 7.99. The van der Waals surface area contributed by atoms with Crippen molar-refractivity contribution in [1.29, 1.82) is 0 Å². The molecule has 0 spiro atoms. The zero-order valence-electron chi connectivity index (χ0n) is 8.81. The van der Waals surface area contributed by atoms with Crippen LogP contribution in [0, 0.1) is 0 Å². The van der Waals surface area contributed by atoms with Crippen LogP contribution in [-0.4, -0.2) is 32.3 Å². The van der Waals surface area contributed by atoms with Crippen LogP contribution in [0.25, 0.3) is 0 Å². The molecule has 1 N–H and O–H groups in total. The first-order valence-corrected chi connectivity index (χ1v) is 6.19. The van der Waals surface area contributed by atoms with Gasteiger partial charge in [0.25, 0.3) is 0 Å². The van der Waals surface area contributed by atoms with Gasteiger partial charge in [0.2, 0.25) is 0 Å². The summed E-state index contributed by atoms with van der Waals surface area (Å²) in [4.78, 5) is 4.23. The Bertz CT molecular complexity index is 262. The van der Waals surface area contributed by atoms with E-state index in [0.29, 0.717) is 6.42 Å². The summed E-state index contributed by atoms with van der Waals surface area (Å²) in [5, 5.41) is 9.70. The van der Waals surface area contributed by atoms with E-state index < -0.39 is 0 Å². The van der Waals surface area contributed by atoms with Crippen LogP contribution < -0.4 is 0 Å². The molecule has 1 aromatic heterocycles. The smallest absolute Gasteiger partial charge is 0.111 e. The molecule has 80 valence electrons. The Kier molecular flexibility index (Phi) is 5.04. The van der Waals surface area contributed by atoms with Gasteiger partial charge in [-0.2, -0.15) is 11.8 Å². The van der Waals surface area contributed by atoms with Gasteiger partial charge >= 0.3 is 0 Å². The minimum absolute atomic E-state index is 0.271. The van der Waals surface area contributed by atoms with Crippen LogP contribution in [0.1, 0.15) is 19.7 Å². The average molecular weight is 214 g/mol. The standard InChI is InChI=1S/C10H18N2OS/c1-3-12-6-5-11-10(12)7-9(13)8-14-4-2/h5-6,9,13H,3-4,7-8H2,1-2H3. The molecule has 1 unspecified atom stereocenters. The Morgan fingerprint density at radius 1 is 1.57 bits per heavy atom. The van der Waals surface area contributed by atoms with Gasteiger partial charge in [0.1, 0.15) is 5.82 Å². The number of aryl methyl sites for hydroxylation is 1. The van der Waals surface area contributed by atoms with E-state index in [1.807, 2.05) is 6.20 Å². The fourth-order valence-electron chi connectivity index (χ4n) is 1.34. The van der Waals surface area contributed by atoms with Crippen molar-refractivity contribution in [1.82, 2.24) is 9.55 Å². The Hall–Kier alpha value is -0.480. The number of aliphatic hydroxyl groups is 1. The summed E-state index contributed by atoms with van der Waals surface area (Å²) in [5.41, 5.74) is 0. The van der Waals surface area contributed by atoms with Crippen LogP contribution in [0.4, 0.5) is 0 Å². The molecule has 1 heterocycles. The highest BCUT2D eigenvalue weighted by atomic mass is 32.2. The van der Waals surface area contributed by atoms with Crippen LogP contribution >= 0.6 is 11.8 Å². The summed E-state index contributed by atoms with van der Waals surface area (Å²) >= 11 is 1.76. The van der Waals surface area contributed by atoms with E-state index in [0.717, 1.165) is 23.9 Å². The van der Waals surface area contributed by atoms with Crippen molar-refractivity contribution in [3.63, 3.8) is 0 Å². The molecule has 0 aromatic carbocycles. The monoisotopic (exact) mass is 214 g/mol. The van der Waals surface area contributed by atoms with Gasteiger partial charge in [0.15, 0.2) is 0 Å². The third-order valence-electron chi connectivity index (χ3n) is 2.07. The summed E-state index contributed by atoms with van der Waals surface area (Å²) in [6.07, 6.45) is 4.13. The summed E-state index contributed by atoms with van der Waals surface area (Å²) in [6.45, 7) is 5.10. The summed E-state index contributed by atoms with van der Waals surface area (Å²) < 4.78 is 2.07. The Balaban J connectivity index is 2.42. The maximum Gasteiger partial charge on any atom is 0.111 e. The lowest BCUT2D eigenvalue weighted by Gasteiger charge is -2.10. The van der Waals surface area contributed by atoms with Crippen molar-refractivity contribution < 1.29 is 5.11 Å². The van der Waals surface area contributed by atoms with Crippen molar-refractivity contribution >= 4 is 11.8 Å². The lowest BCUT2D eigenvalue weighted by molar-refractivity contribution is 0.196. The second-order valence-electron chi connectivity index (χ2n) is 3.15. The molecule has 3 nitrogen and oxygen atoms in total. The van der Waals surface area contributed by atoms with Crippen molar-refractivity contribution in [3.8, 4) is 0 Å². The Morgan fingerprint density at radius 3 is 3.00 bits per heavy atom. The second kappa shape index (κ2) is 6.09. The highest BCUT2D eigenvalue weighted by Gasteiger charge is 2.09. The van der Waals surface area contributed by atoms with Crippen LogP contribution in [0.15, 0.2) is 12.4 Å². The molecular weight excluding hydrogens is 196 g/mol. The molecule has 0 aliphatic heterocycles. The van der Waals surface area contributed by atoms with Crippen molar-refractivity contribution in [2.45, 2.75) is 32.9 Å². The summed E-state index contributed by atoms with van der Waals surface area (Å²) in [7, 11) is 0. The molecule has 4 heteroatoms. The van der Waals surface area contributed by atoms with E-state index in [9.17, 15) is 5.11 Å². The number of thioether (sulfide) groups is 1. The molecule has 1 aromatic rings. The molecule has 0 radical (unpaired) electrons. The molecule has 0 aliphatic rings. The van der Waals surface area contributed by atoms with Crippen molar-refractivity contribution in [2.75, 3.05) is 11.5 Å². The zero-order valence-corrected chi connectivity index (χ0v) is 9.63. The van der Waals surface area contributed by atoms with Gasteiger partial charge < -0.3 is 9.67 Å². The SMILES string of the molecule is CCSCC(O)Cc1nccn1CC. The van der Waals surface area contributed by atoms with E-state index in [2.05, 4.69) is 23.4 Å². The van der Waals surface area contributed by atoms with Crippen molar-refractivity contribution in [3.05, 3.63) is 18.2 Å². The topological polar surface area (TPSA) is 38.1 Å². The Labute approximate surface area is 89.5 Å². The number of hydrogen-bond acceptors (Lipinski definition) is 3. The lowest BCUT2D eigenvalue weighted by atomic mass is 10.3. The predicted molar refractivity (Wildman–Crippen MR) is 60.6 cm³/mol. The van der Waals surface area contributed by atoms with E-state index in [4.69, 9.17) is 0 Å². The van der Waals surface area contributed by atoms with Gasteiger partial charge in [-0.3, -0.25) is 0 Å². The average Bonchev–Trinajstić information content (AvgIpc) is 2.62. The molecule has 0 saturated heterocycles. The minimum Gasteiger partial charge on any atom is -0.392 e. The van der Waals surface area contributed by atoms with E-state index in [-0.39, 0.29) is 6.10 Å². The molecule has 1 atom stereocenters. The van der Waals surface area contributed by atoms with Crippen LogP contribution in [0.5, 0.6) is 0 Å². The molecule has 0 amide bonds. The minimum atomic E-state index is -0.271. The molecule has 0 bridgehead atoms. The van der Waals surface area contributed by atoms with Crippen LogP contribution in [-0.2, 0) is 13.0 Å². The normalized spacial score (nSPS) is 13.1. The molecular formula is C10H18N2OS. The number of imidazole rings is 1.